The Bertz CT molecular complexity index is 3600. The van der Waals surface area contributed by atoms with E-state index in [1.165, 1.54) is 99.4 Å². The van der Waals surface area contributed by atoms with Crippen LogP contribution in [0.1, 0.15) is 0 Å². The summed E-state index contributed by atoms with van der Waals surface area (Å²) in [4.78, 5) is 2.36. The molecule has 324 valence electrons. The van der Waals surface area contributed by atoms with E-state index in [1.54, 1.807) is 0 Å². The van der Waals surface area contributed by atoms with Crippen LogP contribution in [0, 0.1) is 0 Å². The van der Waals surface area contributed by atoms with Crippen molar-refractivity contribution in [3.63, 3.8) is 0 Å². The molecule has 0 N–H and O–H groups in total. The van der Waals surface area contributed by atoms with Gasteiger partial charge in [0.1, 0.15) is 0 Å². The lowest BCUT2D eigenvalue weighted by atomic mass is 9.95. The number of fused-ring (bicyclic) bond motifs is 2. The summed E-state index contributed by atoms with van der Waals surface area (Å²) in [5.74, 6) is 0. The number of benzene rings is 12. The minimum Gasteiger partial charge on any atom is -0.311 e. The van der Waals surface area contributed by atoms with Gasteiger partial charge in [0.25, 0.3) is 0 Å². The van der Waals surface area contributed by atoms with Gasteiger partial charge in [0, 0.05) is 17.1 Å². The number of hydrogen-bond acceptors (Lipinski definition) is 1. The second kappa shape index (κ2) is 18.3. The fourth-order valence-electron chi connectivity index (χ4n) is 9.72. The van der Waals surface area contributed by atoms with Gasteiger partial charge in [-0.05, 0) is 172 Å². The maximum absolute atomic E-state index is 2.36. The van der Waals surface area contributed by atoms with Crippen LogP contribution in [-0.2, 0) is 0 Å². The molecule has 0 aromatic heterocycles. The lowest BCUT2D eigenvalue weighted by Gasteiger charge is -2.26. The number of hydrogen-bond donors (Lipinski definition) is 0. The molecule has 0 spiro atoms. The monoisotopic (exact) mass is 877 g/mol. The van der Waals surface area contributed by atoms with Crippen molar-refractivity contribution in [1.29, 1.82) is 0 Å². The van der Waals surface area contributed by atoms with E-state index in [0.29, 0.717) is 0 Å². The second-order valence-corrected chi connectivity index (χ2v) is 17.8. The summed E-state index contributed by atoms with van der Waals surface area (Å²) in [5.41, 5.74) is 20.1. The van der Waals surface area contributed by atoms with E-state index in [2.05, 4.69) is 290 Å². The Morgan fingerprint density at radius 2 is 0.362 bits per heavy atom. The number of nitrogens with zero attached hydrogens (tertiary/aromatic N) is 1. The molecule has 0 heterocycles. The predicted octanol–water partition coefficient (Wildman–Crippen LogP) is 19.1. The van der Waals surface area contributed by atoms with Gasteiger partial charge in [-0.15, -0.1) is 0 Å². The molecule has 1 nitrogen and oxygen atoms in total. The van der Waals surface area contributed by atoms with Gasteiger partial charge in [-0.1, -0.05) is 212 Å². The molecular weight excluding hydrogens is 831 g/mol. The van der Waals surface area contributed by atoms with Crippen molar-refractivity contribution in [3.8, 4) is 77.9 Å². The molecule has 0 unspecified atom stereocenters. The Balaban J connectivity index is 0.865. The quantitative estimate of drug-likeness (QED) is 0.132. The largest absolute Gasteiger partial charge is 0.311 e. The molecule has 0 aliphatic rings. The normalized spacial score (nSPS) is 11.2. The molecule has 12 aromatic carbocycles. The lowest BCUT2D eigenvalue weighted by Crippen LogP contribution is -2.09. The fraction of sp³-hybridized carbons (Fsp3) is 0. The first-order valence-electron chi connectivity index (χ1n) is 23.7. The first-order chi connectivity index (χ1) is 34.1. The maximum Gasteiger partial charge on any atom is 0.0462 e. The summed E-state index contributed by atoms with van der Waals surface area (Å²) in [7, 11) is 0. The van der Waals surface area contributed by atoms with Crippen LogP contribution in [0.4, 0.5) is 17.1 Å². The van der Waals surface area contributed by atoms with Crippen LogP contribution in [0.15, 0.2) is 285 Å². The molecular formula is C68H47N. The van der Waals surface area contributed by atoms with E-state index in [4.69, 9.17) is 0 Å². The van der Waals surface area contributed by atoms with Gasteiger partial charge in [-0.3, -0.25) is 0 Å². The minimum atomic E-state index is 1.09. The van der Waals surface area contributed by atoms with Crippen LogP contribution in [0.3, 0.4) is 0 Å². The third-order valence-electron chi connectivity index (χ3n) is 13.4. The third-order valence-corrected chi connectivity index (χ3v) is 13.4. The zero-order chi connectivity index (χ0) is 45.9. The third kappa shape index (κ3) is 8.62. The van der Waals surface area contributed by atoms with Gasteiger partial charge < -0.3 is 4.90 Å². The molecule has 0 aliphatic heterocycles. The average molecular weight is 878 g/mol. The van der Waals surface area contributed by atoms with Crippen LogP contribution in [0.5, 0.6) is 0 Å². The second-order valence-electron chi connectivity index (χ2n) is 17.8. The summed E-state index contributed by atoms with van der Waals surface area (Å²) in [6, 6.07) is 104. The molecule has 0 atom stereocenters. The standard InChI is InChI=1S/C68H47N/c1-4-12-48(13-5-1)56-18-10-20-58(42-56)51-30-36-66(37-31-51)69(67-38-32-52(33-39-67)59-21-11-19-57(43-59)49-14-6-2-7-15-49)68-40-34-53(35-41-68)61-27-23-55-25-29-63(47-65(55)45-61)62-28-24-54-22-26-60(44-64(54)46-62)50-16-8-3-9-17-50/h1-47H. The van der Waals surface area contributed by atoms with Gasteiger partial charge in [-0.25, -0.2) is 0 Å². The Morgan fingerprint density at radius 1 is 0.145 bits per heavy atom. The van der Waals surface area contributed by atoms with Crippen LogP contribution < -0.4 is 4.90 Å². The zero-order valence-corrected chi connectivity index (χ0v) is 38.1. The van der Waals surface area contributed by atoms with Gasteiger partial charge in [-0.2, -0.15) is 0 Å². The Hall–Kier alpha value is -9.04. The first kappa shape index (κ1) is 41.4. The predicted molar refractivity (Wildman–Crippen MR) is 294 cm³/mol. The van der Waals surface area contributed by atoms with Crippen molar-refractivity contribution < 1.29 is 0 Å². The highest BCUT2D eigenvalue weighted by Gasteiger charge is 2.15. The number of rotatable bonds is 10. The van der Waals surface area contributed by atoms with Crippen molar-refractivity contribution in [3.05, 3.63) is 285 Å². The SMILES string of the molecule is c1ccc(-c2cccc(-c3ccc(N(c4ccc(-c5cccc(-c6ccccc6)c5)cc4)c4ccc(-c5ccc6ccc(-c7ccc8ccc(-c9ccccc9)cc8c7)cc6c5)cc4)cc3)c2)cc1. The summed E-state index contributed by atoms with van der Waals surface area (Å²) in [6.45, 7) is 0. The van der Waals surface area contributed by atoms with E-state index < -0.39 is 0 Å². The molecule has 12 aromatic rings. The van der Waals surface area contributed by atoms with E-state index >= 15 is 0 Å². The summed E-state index contributed by atoms with van der Waals surface area (Å²) in [5, 5.41) is 4.93. The van der Waals surface area contributed by atoms with E-state index in [-0.39, 0.29) is 0 Å². The van der Waals surface area contributed by atoms with Gasteiger partial charge in [0.05, 0.1) is 0 Å². The molecule has 0 saturated carbocycles. The minimum absolute atomic E-state index is 1.09. The Morgan fingerprint density at radius 3 is 0.652 bits per heavy atom. The maximum atomic E-state index is 2.36. The Labute approximate surface area is 404 Å². The zero-order valence-electron chi connectivity index (χ0n) is 38.1. The molecule has 1 heteroatoms. The van der Waals surface area contributed by atoms with Gasteiger partial charge in [0.15, 0.2) is 0 Å². The molecule has 0 bridgehead atoms. The smallest absolute Gasteiger partial charge is 0.0462 e. The summed E-state index contributed by atoms with van der Waals surface area (Å²) < 4.78 is 0. The molecule has 0 radical (unpaired) electrons. The topological polar surface area (TPSA) is 3.24 Å². The summed E-state index contributed by atoms with van der Waals surface area (Å²) >= 11 is 0. The molecule has 12 rings (SSSR count). The van der Waals surface area contributed by atoms with Gasteiger partial charge >= 0.3 is 0 Å². The van der Waals surface area contributed by atoms with Gasteiger partial charge in [0.2, 0.25) is 0 Å². The van der Waals surface area contributed by atoms with Crippen molar-refractivity contribution >= 4 is 38.6 Å². The van der Waals surface area contributed by atoms with Crippen LogP contribution in [-0.4, -0.2) is 0 Å². The highest BCUT2D eigenvalue weighted by molar-refractivity contribution is 5.95. The molecule has 0 fully saturated rings. The van der Waals surface area contributed by atoms with E-state index in [9.17, 15) is 0 Å². The van der Waals surface area contributed by atoms with Crippen LogP contribution >= 0.6 is 0 Å². The first-order valence-corrected chi connectivity index (χ1v) is 23.7. The average Bonchev–Trinajstić information content (AvgIpc) is 3.44. The van der Waals surface area contributed by atoms with Crippen LogP contribution in [0.2, 0.25) is 0 Å². The highest BCUT2D eigenvalue weighted by Crippen LogP contribution is 2.39. The highest BCUT2D eigenvalue weighted by atomic mass is 15.1. The van der Waals surface area contributed by atoms with Crippen molar-refractivity contribution in [1.82, 2.24) is 0 Å². The Kier molecular flexibility index (Phi) is 11.0. The van der Waals surface area contributed by atoms with Crippen molar-refractivity contribution in [2.75, 3.05) is 4.90 Å². The van der Waals surface area contributed by atoms with Crippen molar-refractivity contribution in [2.45, 2.75) is 0 Å². The summed E-state index contributed by atoms with van der Waals surface area (Å²) in [6.07, 6.45) is 0. The molecule has 0 saturated heterocycles. The number of anilines is 3. The molecule has 0 aliphatic carbocycles. The van der Waals surface area contributed by atoms with Crippen molar-refractivity contribution in [2.24, 2.45) is 0 Å². The lowest BCUT2D eigenvalue weighted by molar-refractivity contribution is 1.28. The van der Waals surface area contributed by atoms with Crippen LogP contribution in [0.25, 0.3) is 99.4 Å². The van der Waals surface area contributed by atoms with E-state index in [0.717, 1.165) is 17.1 Å². The fourth-order valence-corrected chi connectivity index (χ4v) is 9.72. The van der Waals surface area contributed by atoms with E-state index in [1.807, 2.05) is 0 Å². The molecule has 0 amide bonds. The molecule has 69 heavy (non-hydrogen) atoms.